The molecule has 7 rings (SSSR count). The highest BCUT2D eigenvalue weighted by Gasteiger charge is 2.40. The summed E-state index contributed by atoms with van der Waals surface area (Å²) < 4.78 is 0. The number of fused-ring (bicyclic) bond motifs is 2. The van der Waals surface area contributed by atoms with E-state index in [2.05, 4.69) is 0 Å². The molecule has 0 aromatic heterocycles. The second-order valence-electron chi connectivity index (χ2n) is 11.8. The molecule has 0 spiro atoms. The Morgan fingerprint density at radius 2 is 0.500 bits per heavy atom. The second-order valence-corrected chi connectivity index (χ2v) is 11.8. The van der Waals surface area contributed by atoms with Crippen molar-refractivity contribution in [1.29, 1.82) is 0 Å². The predicted molar refractivity (Wildman–Crippen MR) is 158 cm³/mol. The van der Waals surface area contributed by atoms with Crippen molar-refractivity contribution in [2.45, 2.75) is 55.4 Å². The molecule has 5 aromatic rings. The van der Waals surface area contributed by atoms with Crippen molar-refractivity contribution in [1.82, 2.24) is 9.80 Å². The Bertz CT molecular complexity index is 1880. The number of benzene rings is 5. The first-order chi connectivity index (χ1) is 18.7. The van der Waals surface area contributed by atoms with E-state index in [-0.39, 0.29) is 23.6 Å². The van der Waals surface area contributed by atoms with E-state index in [4.69, 9.17) is 0 Å². The van der Waals surface area contributed by atoms with E-state index < -0.39 is 0 Å². The van der Waals surface area contributed by atoms with Gasteiger partial charge in [0.05, 0.1) is 22.3 Å². The van der Waals surface area contributed by atoms with E-state index in [0.29, 0.717) is 22.3 Å². The van der Waals surface area contributed by atoms with Crippen LogP contribution in [0.4, 0.5) is 0 Å². The van der Waals surface area contributed by atoms with Crippen molar-refractivity contribution < 1.29 is 19.2 Å². The van der Waals surface area contributed by atoms with E-state index in [9.17, 15) is 19.2 Å². The largest absolute Gasteiger partial charge is 0.277 e. The van der Waals surface area contributed by atoms with Crippen LogP contribution in [0.15, 0.2) is 0 Å². The fraction of sp³-hybridized carbons (Fsp3) is 0.294. The van der Waals surface area contributed by atoms with Gasteiger partial charge in [0.1, 0.15) is 0 Å². The Labute approximate surface area is 231 Å². The van der Waals surface area contributed by atoms with Crippen LogP contribution in [0.1, 0.15) is 85.9 Å². The van der Waals surface area contributed by atoms with Gasteiger partial charge >= 0.3 is 0 Å². The minimum atomic E-state index is -0.282. The molecule has 40 heavy (non-hydrogen) atoms. The van der Waals surface area contributed by atoms with Gasteiger partial charge in [-0.25, -0.2) is 0 Å². The van der Waals surface area contributed by atoms with Crippen molar-refractivity contribution in [3.05, 3.63) is 66.8 Å². The number of carbonyl (C=O) groups is 4. The van der Waals surface area contributed by atoms with Crippen LogP contribution < -0.4 is 0 Å². The van der Waals surface area contributed by atoms with Gasteiger partial charge in [-0.15, -0.1) is 0 Å². The zero-order valence-electron chi connectivity index (χ0n) is 24.5. The first kappa shape index (κ1) is 24.7. The van der Waals surface area contributed by atoms with Crippen LogP contribution in [0.5, 0.6) is 0 Å². The molecule has 0 fully saturated rings. The molecule has 0 saturated carbocycles. The minimum Gasteiger partial charge on any atom is -0.277 e. The van der Waals surface area contributed by atoms with Crippen molar-refractivity contribution in [2.24, 2.45) is 0 Å². The number of imide groups is 2. The van der Waals surface area contributed by atoms with Gasteiger partial charge in [0.2, 0.25) is 0 Å². The fourth-order valence-corrected chi connectivity index (χ4v) is 7.67. The Morgan fingerprint density at radius 3 is 0.700 bits per heavy atom. The highest BCUT2D eigenvalue weighted by atomic mass is 16.2. The zero-order valence-corrected chi connectivity index (χ0v) is 24.5. The quantitative estimate of drug-likeness (QED) is 0.128. The van der Waals surface area contributed by atoms with E-state index in [1.54, 1.807) is 14.1 Å². The summed E-state index contributed by atoms with van der Waals surface area (Å²) in [7, 11) is 3.11. The van der Waals surface area contributed by atoms with E-state index in [0.717, 1.165) is 87.6 Å². The van der Waals surface area contributed by atoms with E-state index >= 15 is 0 Å². The van der Waals surface area contributed by atoms with Crippen LogP contribution >= 0.6 is 0 Å². The second kappa shape index (κ2) is 7.25. The van der Waals surface area contributed by atoms with Crippen molar-refractivity contribution in [3.63, 3.8) is 0 Å². The maximum absolute atomic E-state index is 13.7. The Hall–Kier alpha value is -4.32. The SMILES string of the molecule is Cc1c2c3c(c(C)c(C)c4c5c(C)c(C)c6c7c(c(C)c(C)c(c(c1C)c34)c75)C(=O)N(C)C6=O)C(=O)N(C)C2=O. The molecule has 5 aromatic carbocycles. The molecule has 4 amide bonds. The fourth-order valence-electron chi connectivity index (χ4n) is 7.67. The first-order valence-corrected chi connectivity index (χ1v) is 13.6. The molecule has 0 bridgehead atoms. The number of hydrogen-bond donors (Lipinski definition) is 0. The maximum Gasteiger partial charge on any atom is 0.261 e. The van der Waals surface area contributed by atoms with Gasteiger partial charge in [-0.05, 0) is 132 Å². The summed E-state index contributed by atoms with van der Waals surface area (Å²) in [6, 6.07) is 0. The van der Waals surface area contributed by atoms with Gasteiger partial charge in [-0.1, -0.05) is 0 Å². The van der Waals surface area contributed by atoms with Crippen molar-refractivity contribution >= 4 is 66.7 Å². The highest BCUT2D eigenvalue weighted by molar-refractivity contribution is 6.44. The lowest BCUT2D eigenvalue weighted by molar-refractivity contribution is 0.0634. The lowest BCUT2D eigenvalue weighted by atomic mass is 9.73. The average molecular weight is 531 g/mol. The number of carbonyl (C=O) groups excluding carboxylic acids is 4. The average Bonchev–Trinajstić information content (AvgIpc) is 2.92. The monoisotopic (exact) mass is 530 g/mol. The Kier molecular flexibility index (Phi) is 4.47. The number of aryl methyl sites for hydroxylation is 4. The minimum absolute atomic E-state index is 0.282. The number of nitrogens with zero attached hydrogens (tertiary/aromatic N) is 2. The number of hydrogen-bond acceptors (Lipinski definition) is 4. The zero-order chi connectivity index (χ0) is 29.0. The Morgan fingerprint density at radius 1 is 0.300 bits per heavy atom. The molecule has 0 unspecified atom stereocenters. The molecule has 6 nitrogen and oxygen atoms in total. The van der Waals surface area contributed by atoms with Gasteiger partial charge in [-0.3, -0.25) is 29.0 Å². The number of rotatable bonds is 0. The summed E-state index contributed by atoms with van der Waals surface area (Å²) in [6.45, 7) is 16.0. The third kappa shape index (κ3) is 2.35. The van der Waals surface area contributed by atoms with Crippen LogP contribution in [0.3, 0.4) is 0 Å². The normalized spacial score (nSPS) is 15.3. The molecular weight excluding hydrogens is 500 g/mol. The van der Waals surface area contributed by atoms with E-state index in [1.165, 1.54) is 9.80 Å². The van der Waals surface area contributed by atoms with Crippen LogP contribution in [0.25, 0.3) is 43.1 Å². The molecule has 6 heteroatoms. The van der Waals surface area contributed by atoms with Gasteiger partial charge < -0.3 is 0 Å². The molecule has 0 atom stereocenters. The lowest BCUT2D eigenvalue weighted by Gasteiger charge is -2.34. The van der Waals surface area contributed by atoms with Gasteiger partial charge in [0.25, 0.3) is 23.6 Å². The summed E-state index contributed by atoms with van der Waals surface area (Å²) in [6.07, 6.45) is 0. The van der Waals surface area contributed by atoms with Gasteiger partial charge in [0, 0.05) is 24.9 Å². The predicted octanol–water partition coefficient (Wildman–Crippen LogP) is 6.66. The maximum atomic E-state index is 13.7. The molecule has 0 N–H and O–H groups in total. The van der Waals surface area contributed by atoms with Gasteiger partial charge in [-0.2, -0.15) is 0 Å². The summed E-state index contributed by atoms with van der Waals surface area (Å²) in [4.78, 5) is 57.1. The smallest absolute Gasteiger partial charge is 0.261 e. The molecule has 2 aliphatic rings. The first-order valence-electron chi connectivity index (χ1n) is 13.6. The van der Waals surface area contributed by atoms with Crippen LogP contribution in [0.2, 0.25) is 0 Å². The molecule has 0 saturated heterocycles. The van der Waals surface area contributed by atoms with Gasteiger partial charge in [0.15, 0.2) is 0 Å². The van der Waals surface area contributed by atoms with Crippen LogP contribution in [-0.4, -0.2) is 47.5 Å². The molecule has 200 valence electrons. The summed E-state index contributed by atoms with van der Waals surface area (Å²) in [5.41, 5.74) is 9.64. The highest BCUT2D eigenvalue weighted by Crippen LogP contribution is 2.53. The lowest BCUT2D eigenvalue weighted by Crippen LogP contribution is -2.38. The van der Waals surface area contributed by atoms with Crippen LogP contribution in [-0.2, 0) is 0 Å². The summed E-state index contributed by atoms with van der Waals surface area (Å²) >= 11 is 0. The molecular formula is C34H30N2O4. The standard InChI is InChI=1S/C34H30N2O4/c1-11-15(5)23-29-24(32(38)35(9)31(23)37)17(7)13(3)21-22-14(4)18(8)26-30-25(33(39)36(10)34(26)40)16(6)12(2)20(28(22)30)19(11)27(21)29/h1-10H3. The summed E-state index contributed by atoms with van der Waals surface area (Å²) in [5.74, 6) is -1.13. The van der Waals surface area contributed by atoms with Crippen LogP contribution in [0, 0.1) is 55.4 Å². The summed E-state index contributed by atoms with van der Waals surface area (Å²) in [5, 5.41) is 7.28. The Balaban J connectivity index is 1.98. The topological polar surface area (TPSA) is 74.8 Å². The molecule has 0 aliphatic carbocycles. The van der Waals surface area contributed by atoms with E-state index in [1.807, 2.05) is 55.4 Å². The molecule has 2 heterocycles. The number of amides is 4. The third-order valence-corrected chi connectivity index (χ3v) is 10.3. The third-order valence-electron chi connectivity index (χ3n) is 10.3. The van der Waals surface area contributed by atoms with Crippen molar-refractivity contribution in [3.8, 4) is 0 Å². The van der Waals surface area contributed by atoms with Crippen molar-refractivity contribution in [2.75, 3.05) is 14.1 Å². The molecule has 2 aliphatic heterocycles. The molecule has 0 radical (unpaired) electrons.